The zero-order valence-corrected chi connectivity index (χ0v) is 13.5. The van der Waals surface area contributed by atoms with Gasteiger partial charge in [-0.25, -0.2) is 4.79 Å². The molecule has 0 aliphatic rings. The molecule has 17 heavy (non-hydrogen) atoms. The molecule has 0 aliphatic carbocycles. The number of ether oxygens (including phenoxy) is 1. The van der Waals surface area contributed by atoms with E-state index in [1.807, 2.05) is 19.6 Å². The molecule has 0 aromatic rings. The second kappa shape index (κ2) is 6.45. The predicted molar refractivity (Wildman–Crippen MR) is 70.0 cm³/mol. The van der Waals surface area contributed by atoms with Gasteiger partial charge in [0.05, 0.1) is 0 Å². The Labute approximate surface area is 105 Å². The molecule has 0 rings (SSSR count). The van der Waals surface area contributed by atoms with Crippen LogP contribution in [0.2, 0.25) is 19.6 Å². The topological polar surface area (TPSA) is 54.0 Å². The van der Waals surface area contributed by atoms with Crippen LogP contribution < -0.4 is 0 Å². The first kappa shape index (κ1) is 16.5. The first-order valence-electron chi connectivity index (χ1n) is 5.29. The van der Waals surface area contributed by atoms with Crippen LogP contribution in [0.1, 0.15) is 6.92 Å². The van der Waals surface area contributed by atoms with E-state index < -0.39 is 23.1 Å². The summed E-state index contributed by atoms with van der Waals surface area (Å²) < 4.78 is 21.6. The summed E-state index contributed by atoms with van der Waals surface area (Å²) >= 11 is 0. The Bertz CT molecular complexity index is 281. The molecular weight excluding hydrogens is 256 g/mol. The highest BCUT2D eigenvalue weighted by atomic mass is 28.5. The maximum Gasteiger partial charge on any atom is 0.529 e. The molecule has 7 heteroatoms. The lowest BCUT2D eigenvalue weighted by atomic mass is 10.4. The van der Waals surface area contributed by atoms with Crippen LogP contribution in [-0.4, -0.2) is 43.5 Å². The van der Waals surface area contributed by atoms with Crippen molar-refractivity contribution in [3.8, 4) is 0 Å². The number of rotatable bonds is 7. The van der Waals surface area contributed by atoms with E-state index in [1.54, 1.807) is 6.92 Å². The van der Waals surface area contributed by atoms with Gasteiger partial charge >= 0.3 is 14.8 Å². The zero-order chi connectivity index (χ0) is 13.7. The Balaban J connectivity index is 4.62. The third kappa shape index (κ3) is 6.13. The van der Waals surface area contributed by atoms with Crippen LogP contribution in [0.4, 0.5) is 0 Å². The monoisotopic (exact) mass is 278 g/mol. The predicted octanol–water partition coefficient (Wildman–Crippen LogP) is 1.73. The second-order valence-electron chi connectivity index (χ2n) is 4.66. The lowest BCUT2D eigenvalue weighted by Gasteiger charge is -2.32. The largest absolute Gasteiger partial charge is 0.529 e. The van der Waals surface area contributed by atoms with Gasteiger partial charge in [0.25, 0.3) is 0 Å². The minimum atomic E-state index is -2.91. The summed E-state index contributed by atoms with van der Waals surface area (Å²) in [5, 5.41) is 0. The van der Waals surface area contributed by atoms with Crippen molar-refractivity contribution < 1.29 is 22.5 Å². The van der Waals surface area contributed by atoms with Gasteiger partial charge in [-0.1, -0.05) is 6.58 Å². The Morgan fingerprint density at radius 2 is 1.65 bits per heavy atom. The molecule has 0 bridgehead atoms. The molecule has 0 aliphatic heterocycles. The van der Waals surface area contributed by atoms with E-state index >= 15 is 0 Å². The average molecular weight is 278 g/mol. The summed E-state index contributed by atoms with van der Waals surface area (Å²) in [6.45, 7) is 11.2. The first-order chi connectivity index (χ1) is 7.66. The third-order valence-electron chi connectivity index (χ3n) is 1.81. The van der Waals surface area contributed by atoms with E-state index in [1.165, 1.54) is 14.2 Å². The van der Waals surface area contributed by atoms with Gasteiger partial charge in [-0.3, -0.25) is 0 Å². The minimum Gasteiger partial charge on any atom is -0.458 e. The number of carbonyl (C=O) groups excluding carboxylic acids is 1. The zero-order valence-electron chi connectivity index (χ0n) is 11.5. The van der Waals surface area contributed by atoms with Crippen LogP contribution in [0.5, 0.6) is 0 Å². The molecule has 0 radical (unpaired) electrons. The molecule has 0 amide bonds. The van der Waals surface area contributed by atoms with Crippen LogP contribution in [0, 0.1) is 0 Å². The number of hydrogen-bond acceptors (Lipinski definition) is 5. The van der Waals surface area contributed by atoms with E-state index in [0.717, 1.165) is 0 Å². The van der Waals surface area contributed by atoms with Crippen LogP contribution in [0.25, 0.3) is 0 Å². The summed E-state index contributed by atoms with van der Waals surface area (Å²) in [6, 6.07) is 0. The fourth-order valence-corrected chi connectivity index (χ4v) is 6.40. The van der Waals surface area contributed by atoms with Gasteiger partial charge in [0.15, 0.2) is 14.5 Å². The second-order valence-corrected chi connectivity index (χ2v) is 12.2. The highest BCUT2D eigenvalue weighted by molar-refractivity contribution is 6.80. The van der Waals surface area contributed by atoms with E-state index in [-0.39, 0.29) is 6.23 Å². The minimum absolute atomic E-state index is 0.00988. The molecule has 0 saturated carbocycles. The molecule has 0 heterocycles. The van der Waals surface area contributed by atoms with Gasteiger partial charge in [0.1, 0.15) is 0 Å². The normalized spacial score (nSPS) is 12.4. The highest BCUT2D eigenvalue weighted by Gasteiger charge is 2.45. The molecule has 100 valence electrons. The molecule has 0 saturated heterocycles. The van der Waals surface area contributed by atoms with Crippen molar-refractivity contribution in [3.63, 3.8) is 0 Å². The van der Waals surface area contributed by atoms with Gasteiger partial charge in [-0.15, -0.1) is 0 Å². The summed E-state index contributed by atoms with van der Waals surface area (Å²) in [6.07, 6.45) is 0.00988. The van der Waals surface area contributed by atoms with E-state index in [2.05, 4.69) is 6.58 Å². The number of carbonyl (C=O) groups is 1. The standard InChI is InChI=1S/C10H22O5Si2/c1-9(2)10(11)14-8-17(12-3,13-4)15-16(5,6)7/h1,8H2,2-7H3. The molecule has 0 aromatic carbocycles. The Kier molecular flexibility index (Phi) is 6.27. The lowest BCUT2D eigenvalue weighted by molar-refractivity contribution is -0.138. The smallest absolute Gasteiger partial charge is 0.458 e. The van der Waals surface area contributed by atoms with Crippen LogP contribution in [0.3, 0.4) is 0 Å². The number of esters is 1. The molecule has 0 atom stereocenters. The van der Waals surface area contributed by atoms with Crippen molar-refractivity contribution in [2.24, 2.45) is 0 Å². The van der Waals surface area contributed by atoms with Crippen molar-refractivity contribution >= 4 is 23.1 Å². The van der Waals surface area contributed by atoms with Crippen molar-refractivity contribution in [2.45, 2.75) is 26.6 Å². The molecule has 0 aromatic heterocycles. The van der Waals surface area contributed by atoms with E-state index in [4.69, 9.17) is 17.7 Å². The van der Waals surface area contributed by atoms with Gasteiger partial charge in [0.2, 0.25) is 0 Å². The number of hydrogen-bond donors (Lipinski definition) is 0. The third-order valence-corrected chi connectivity index (χ3v) is 7.25. The van der Waals surface area contributed by atoms with E-state index in [0.29, 0.717) is 5.57 Å². The highest BCUT2D eigenvalue weighted by Crippen LogP contribution is 2.16. The fraction of sp³-hybridized carbons (Fsp3) is 0.700. The Morgan fingerprint density at radius 3 is 1.94 bits per heavy atom. The molecule has 0 fully saturated rings. The van der Waals surface area contributed by atoms with Gasteiger partial charge in [-0.05, 0) is 26.6 Å². The summed E-state index contributed by atoms with van der Waals surface area (Å²) in [7, 11) is -1.74. The van der Waals surface area contributed by atoms with Crippen molar-refractivity contribution in [1.29, 1.82) is 0 Å². The lowest BCUT2D eigenvalue weighted by Crippen LogP contribution is -2.55. The van der Waals surface area contributed by atoms with Crippen LogP contribution >= 0.6 is 0 Å². The summed E-state index contributed by atoms with van der Waals surface area (Å²) in [5.74, 6) is -0.463. The van der Waals surface area contributed by atoms with Crippen LogP contribution in [0.15, 0.2) is 12.2 Å². The first-order valence-corrected chi connectivity index (χ1v) is 10.6. The fourth-order valence-electron chi connectivity index (χ4n) is 1.06. The van der Waals surface area contributed by atoms with Crippen molar-refractivity contribution in [1.82, 2.24) is 0 Å². The molecular formula is C10H22O5Si2. The SMILES string of the molecule is C=C(C)C(=O)OC[Si](OC)(OC)O[Si](C)(C)C. The maximum atomic E-state index is 11.3. The van der Waals surface area contributed by atoms with Gasteiger partial charge in [0, 0.05) is 19.8 Å². The van der Waals surface area contributed by atoms with Crippen LogP contribution in [-0.2, 0) is 22.5 Å². The molecule has 0 unspecified atom stereocenters. The molecule has 0 spiro atoms. The molecule has 5 nitrogen and oxygen atoms in total. The Hall–Kier alpha value is -0.476. The van der Waals surface area contributed by atoms with E-state index in [9.17, 15) is 4.79 Å². The average Bonchev–Trinajstić information content (AvgIpc) is 2.22. The van der Waals surface area contributed by atoms with Crippen molar-refractivity contribution in [3.05, 3.63) is 12.2 Å². The van der Waals surface area contributed by atoms with Gasteiger partial charge < -0.3 is 17.7 Å². The van der Waals surface area contributed by atoms with Gasteiger partial charge in [-0.2, -0.15) is 0 Å². The summed E-state index contributed by atoms with van der Waals surface area (Å²) in [4.78, 5) is 11.3. The molecule has 0 N–H and O–H groups in total. The quantitative estimate of drug-likeness (QED) is 0.403. The van der Waals surface area contributed by atoms with Crippen molar-refractivity contribution in [2.75, 3.05) is 20.4 Å². The maximum absolute atomic E-state index is 11.3. The summed E-state index contributed by atoms with van der Waals surface area (Å²) in [5.41, 5.74) is 0.341. The Morgan fingerprint density at radius 1 is 1.18 bits per heavy atom.